The molecule has 2 aliphatic heterocycles. The first-order valence-corrected chi connectivity index (χ1v) is 10.1. The number of likely N-dealkylation sites (tertiary alicyclic amines) is 1. The number of nitrogens with two attached hydrogens (primary N) is 1. The lowest BCUT2D eigenvalue weighted by molar-refractivity contribution is -0.124. The van der Waals surface area contributed by atoms with Gasteiger partial charge in [0.25, 0.3) is 0 Å². The van der Waals surface area contributed by atoms with Gasteiger partial charge in [-0.05, 0) is 52.6 Å². The Morgan fingerprint density at radius 1 is 1.21 bits per heavy atom. The summed E-state index contributed by atoms with van der Waals surface area (Å²) in [6.45, 7) is 11.3. The van der Waals surface area contributed by atoms with Crippen LogP contribution in [0.2, 0.25) is 0 Å². The molecule has 7 heteroatoms. The molecule has 0 bridgehead atoms. The second kappa shape index (κ2) is 8.94. The molecule has 3 N–H and O–H groups in total. The highest BCUT2D eigenvalue weighted by atomic mass is 32.2. The molecule has 0 radical (unpaired) electrons. The monoisotopic (exact) mass is 355 g/mol. The average molecular weight is 356 g/mol. The molecular formula is C17H33N5OS. The molecule has 24 heavy (non-hydrogen) atoms. The standard InChI is InChI=1S/C17H33N5OS/c1-17(2,3)20-15(23)13-21-6-4-14(5-7-21)12-19-16(18)22-8-10-24-11-9-22/h14H,4-13H2,1-3H3,(H2,18,19)(H,20,23). The zero-order valence-corrected chi connectivity index (χ0v) is 16.2. The van der Waals surface area contributed by atoms with E-state index in [0.717, 1.165) is 57.1 Å². The number of rotatable bonds is 4. The van der Waals surface area contributed by atoms with Crippen LogP contribution in [0.15, 0.2) is 4.99 Å². The number of amides is 1. The minimum atomic E-state index is -0.158. The molecule has 2 saturated heterocycles. The number of piperidine rings is 1. The third kappa shape index (κ3) is 6.89. The number of thioether (sulfide) groups is 1. The number of aliphatic imine (C=N–C) groups is 1. The van der Waals surface area contributed by atoms with E-state index < -0.39 is 0 Å². The number of hydrogen-bond donors (Lipinski definition) is 2. The van der Waals surface area contributed by atoms with E-state index in [2.05, 4.69) is 20.1 Å². The fourth-order valence-corrected chi connectivity index (χ4v) is 4.01. The lowest BCUT2D eigenvalue weighted by Gasteiger charge is -2.32. The molecule has 0 atom stereocenters. The maximum absolute atomic E-state index is 12.0. The number of carbonyl (C=O) groups excluding carboxylic acids is 1. The highest BCUT2D eigenvalue weighted by molar-refractivity contribution is 7.99. The minimum Gasteiger partial charge on any atom is -0.370 e. The molecular weight excluding hydrogens is 322 g/mol. The Kier molecular flexibility index (Phi) is 7.22. The Morgan fingerprint density at radius 3 is 2.42 bits per heavy atom. The summed E-state index contributed by atoms with van der Waals surface area (Å²) in [6, 6.07) is 0. The van der Waals surface area contributed by atoms with Gasteiger partial charge in [0.1, 0.15) is 0 Å². The number of nitrogens with zero attached hydrogens (tertiary/aromatic N) is 3. The lowest BCUT2D eigenvalue weighted by atomic mass is 9.97. The van der Waals surface area contributed by atoms with Crippen LogP contribution in [0.1, 0.15) is 33.6 Å². The van der Waals surface area contributed by atoms with E-state index in [9.17, 15) is 4.79 Å². The van der Waals surface area contributed by atoms with Crippen LogP contribution < -0.4 is 11.1 Å². The van der Waals surface area contributed by atoms with E-state index in [4.69, 9.17) is 5.73 Å². The van der Waals surface area contributed by atoms with Gasteiger partial charge >= 0.3 is 0 Å². The molecule has 138 valence electrons. The van der Waals surface area contributed by atoms with Gasteiger partial charge in [-0.3, -0.25) is 14.7 Å². The summed E-state index contributed by atoms with van der Waals surface area (Å²) >= 11 is 1.98. The van der Waals surface area contributed by atoms with Gasteiger partial charge in [0.05, 0.1) is 6.54 Å². The third-order valence-corrected chi connectivity index (χ3v) is 5.38. The van der Waals surface area contributed by atoms with Gasteiger partial charge in [-0.15, -0.1) is 0 Å². The molecule has 0 unspecified atom stereocenters. The molecule has 2 heterocycles. The predicted molar refractivity (Wildman–Crippen MR) is 102 cm³/mol. The van der Waals surface area contributed by atoms with Gasteiger partial charge in [0, 0.05) is 36.7 Å². The molecule has 1 amide bonds. The molecule has 0 saturated carbocycles. The molecule has 2 rings (SSSR count). The molecule has 0 aromatic rings. The first kappa shape index (κ1) is 19.4. The van der Waals surface area contributed by atoms with Crippen molar-refractivity contribution in [2.24, 2.45) is 16.6 Å². The van der Waals surface area contributed by atoms with E-state index in [-0.39, 0.29) is 11.4 Å². The number of carbonyl (C=O) groups is 1. The Balaban J connectivity index is 1.68. The summed E-state index contributed by atoms with van der Waals surface area (Å²) in [5.74, 6) is 3.70. The first-order chi connectivity index (χ1) is 11.3. The van der Waals surface area contributed by atoms with Crippen LogP contribution in [0, 0.1) is 5.92 Å². The molecule has 2 fully saturated rings. The maximum Gasteiger partial charge on any atom is 0.234 e. The zero-order chi connectivity index (χ0) is 17.6. The molecule has 6 nitrogen and oxygen atoms in total. The second-order valence-corrected chi connectivity index (χ2v) is 9.04. The highest BCUT2D eigenvalue weighted by Crippen LogP contribution is 2.17. The van der Waals surface area contributed by atoms with Gasteiger partial charge in [-0.2, -0.15) is 11.8 Å². The van der Waals surface area contributed by atoms with Crippen molar-refractivity contribution in [2.75, 3.05) is 50.8 Å². The van der Waals surface area contributed by atoms with Crippen LogP contribution in [-0.4, -0.2) is 78.0 Å². The molecule has 2 aliphatic rings. The van der Waals surface area contributed by atoms with Gasteiger partial charge in [0.15, 0.2) is 5.96 Å². The van der Waals surface area contributed by atoms with Crippen molar-refractivity contribution < 1.29 is 4.79 Å². The van der Waals surface area contributed by atoms with Crippen LogP contribution in [0.4, 0.5) is 0 Å². The summed E-state index contributed by atoms with van der Waals surface area (Å²) in [6.07, 6.45) is 2.19. The Labute approximate surface area is 150 Å². The van der Waals surface area contributed by atoms with Crippen molar-refractivity contribution in [3.8, 4) is 0 Å². The summed E-state index contributed by atoms with van der Waals surface area (Å²) in [7, 11) is 0. The number of guanidine groups is 1. The molecule has 0 spiro atoms. The maximum atomic E-state index is 12.0. The van der Waals surface area contributed by atoms with E-state index in [1.807, 2.05) is 32.5 Å². The van der Waals surface area contributed by atoms with Crippen LogP contribution in [0.3, 0.4) is 0 Å². The van der Waals surface area contributed by atoms with Gasteiger partial charge in [0.2, 0.25) is 5.91 Å². The first-order valence-electron chi connectivity index (χ1n) is 8.99. The average Bonchev–Trinajstić information content (AvgIpc) is 2.53. The Bertz CT molecular complexity index is 435. The van der Waals surface area contributed by atoms with Crippen LogP contribution >= 0.6 is 11.8 Å². The van der Waals surface area contributed by atoms with Crippen molar-refractivity contribution >= 4 is 23.6 Å². The minimum absolute atomic E-state index is 0.117. The Morgan fingerprint density at radius 2 is 1.83 bits per heavy atom. The summed E-state index contributed by atoms with van der Waals surface area (Å²) in [5, 5.41) is 3.03. The summed E-state index contributed by atoms with van der Waals surface area (Å²) in [4.78, 5) is 21.1. The Hall–Kier alpha value is -0.950. The van der Waals surface area contributed by atoms with Crippen molar-refractivity contribution in [3.63, 3.8) is 0 Å². The van der Waals surface area contributed by atoms with Crippen LogP contribution in [0.25, 0.3) is 0 Å². The fraction of sp³-hybridized carbons (Fsp3) is 0.882. The summed E-state index contributed by atoms with van der Waals surface area (Å²) in [5.41, 5.74) is 5.96. The molecule has 0 aromatic carbocycles. The fourth-order valence-electron chi connectivity index (χ4n) is 3.10. The van der Waals surface area contributed by atoms with Crippen LogP contribution in [0.5, 0.6) is 0 Å². The normalized spacial score (nSPS) is 21.8. The summed E-state index contributed by atoms with van der Waals surface area (Å²) < 4.78 is 0. The largest absolute Gasteiger partial charge is 0.370 e. The van der Waals surface area contributed by atoms with E-state index in [1.165, 1.54) is 0 Å². The van der Waals surface area contributed by atoms with Crippen molar-refractivity contribution in [1.82, 2.24) is 15.1 Å². The van der Waals surface area contributed by atoms with Gasteiger partial charge < -0.3 is 16.0 Å². The molecule has 0 aromatic heterocycles. The van der Waals surface area contributed by atoms with Crippen LogP contribution in [-0.2, 0) is 4.79 Å². The predicted octanol–water partition coefficient (Wildman–Crippen LogP) is 0.977. The van der Waals surface area contributed by atoms with E-state index in [0.29, 0.717) is 18.4 Å². The van der Waals surface area contributed by atoms with Gasteiger partial charge in [-0.25, -0.2) is 0 Å². The van der Waals surface area contributed by atoms with Crippen molar-refractivity contribution in [1.29, 1.82) is 0 Å². The quantitative estimate of drug-likeness (QED) is 0.581. The van der Waals surface area contributed by atoms with E-state index in [1.54, 1.807) is 0 Å². The van der Waals surface area contributed by atoms with E-state index >= 15 is 0 Å². The topological polar surface area (TPSA) is 74.0 Å². The number of nitrogens with one attached hydrogen (secondary N) is 1. The van der Waals surface area contributed by atoms with Crippen molar-refractivity contribution in [2.45, 2.75) is 39.2 Å². The molecule has 0 aliphatic carbocycles. The third-order valence-electron chi connectivity index (χ3n) is 4.44. The number of hydrogen-bond acceptors (Lipinski definition) is 4. The lowest BCUT2D eigenvalue weighted by Crippen LogP contribution is -2.47. The zero-order valence-electron chi connectivity index (χ0n) is 15.4. The van der Waals surface area contributed by atoms with Gasteiger partial charge in [-0.1, -0.05) is 0 Å². The highest BCUT2D eigenvalue weighted by Gasteiger charge is 2.22. The smallest absolute Gasteiger partial charge is 0.234 e. The second-order valence-electron chi connectivity index (χ2n) is 7.82. The van der Waals surface area contributed by atoms with Crippen molar-refractivity contribution in [3.05, 3.63) is 0 Å². The SMILES string of the molecule is CC(C)(C)NC(=O)CN1CCC(CN=C(N)N2CCSCC2)CC1.